The van der Waals surface area contributed by atoms with Crippen molar-refractivity contribution >= 4 is 28.6 Å². The standard InChI is InChI=1S/C17H20N4O5S/c1-8-7-27-11(19-8)3-18-16(24)10-4-20-5-12-21(9(2)6-26-12)17(25)13(20)15(23)14(10)22/h4,8-9,12,23H,3,5-7H2,1-2H3,(H,18,24)/t8?,9-,12+/m0/s1. The summed E-state index contributed by atoms with van der Waals surface area (Å²) < 4.78 is 7.03. The third-order valence-corrected chi connectivity index (χ3v) is 6.09. The molecule has 0 saturated carbocycles. The van der Waals surface area contributed by atoms with Crippen LogP contribution < -0.4 is 10.7 Å². The molecule has 1 unspecified atom stereocenters. The molecule has 3 aliphatic rings. The third-order valence-electron chi connectivity index (χ3n) is 4.86. The zero-order valence-electron chi connectivity index (χ0n) is 15.0. The maximum absolute atomic E-state index is 12.7. The van der Waals surface area contributed by atoms with Gasteiger partial charge in [0.2, 0.25) is 5.43 Å². The van der Waals surface area contributed by atoms with Gasteiger partial charge in [-0.3, -0.25) is 19.4 Å². The molecule has 3 aliphatic heterocycles. The van der Waals surface area contributed by atoms with Crippen LogP contribution in [0.15, 0.2) is 16.0 Å². The Morgan fingerprint density at radius 1 is 1.44 bits per heavy atom. The van der Waals surface area contributed by atoms with Crippen molar-refractivity contribution in [3.8, 4) is 5.75 Å². The highest BCUT2D eigenvalue weighted by molar-refractivity contribution is 8.14. The molecule has 0 bridgehead atoms. The second-order valence-electron chi connectivity index (χ2n) is 6.94. The van der Waals surface area contributed by atoms with E-state index < -0.39 is 29.2 Å². The lowest BCUT2D eigenvalue weighted by Gasteiger charge is -2.33. The van der Waals surface area contributed by atoms with Crippen LogP contribution in [0.2, 0.25) is 0 Å². The van der Waals surface area contributed by atoms with Crippen LogP contribution >= 0.6 is 11.8 Å². The number of nitrogens with zero attached hydrogens (tertiary/aromatic N) is 3. The second-order valence-corrected chi connectivity index (χ2v) is 8.03. The first-order chi connectivity index (χ1) is 12.9. The third kappa shape index (κ3) is 3.02. The summed E-state index contributed by atoms with van der Waals surface area (Å²) >= 11 is 1.56. The van der Waals surface area contributed by atoms with Crippen LogP contribution in [-0.2, 0) is 11.3 Å². The first-order valence-corrected chi connectivity index (χ1v) is 9.73. The number of carbonyl (C=O) groups excluding carboxylic acids is 2. The van der Waals surface area contributed by atoms with Gasteiger partial charge < -0.3 is 24.6 Å². The Hall–Kier alpha value is -2.33. The number of fused-ring (bicyclic) bond motifs is 2. The van der Waals surface area contributed by atoms with E-state index in [1.165, 1.54) is 15.7 Å². The Kier molecular flexibility index (Phi) is 4.47. The summed E-state index contributed by atoms with van der Waals surface area (Å²) in [5.74, 6) is -0.912. The normalized spacial score (nSPS) is 26.6. The predicted octanol–water partition coefficient (Wildman–Crippen LogP) is 0.0181. The molecule has 4 rings (SSSR count). The van der Waals surface area contributed by atoms with E-state index in [9.17, 15) is 19.5 Å². The van der Waals surface area contributed by atoms with Crippen molar-refractivity contribution in [2.24, 2.45) is 4.99 Å². The zero-order chi connectivity index (χ0) is 19.3. The molecule has 144 valence electrons. The topological polar surface area (TPSA) is 113 Å². The monoisotopic (exact) mass is 392 g/mol. The minimum atomic E-state index is -0.854. The molecule has 9 nitrogen and oxygen atoms in total. The summed E-state index contributed by atoms with van der Waals surface area (Å²) in [7, 11) is 0. The highest BCUT2D eigenvalue weighted by Gasteiger charge is 2.42. The Morgan fingerprint density at radius 3 is 2.93 bits per heavy atom. The molecule has 10 heteroatoms. The van der Waals surface area contributed by atoms with E-state index in [0.29, 0.717) is 6.61 Å². The summed E-state index contributed by atoms with van der Waals surface area (Å²) in [5, 5.41) is 13.8. The number of hydrogen-bond acceptors (Lipinski definition) is 7. The molecule has 1 fully saturated rings. The molecule has 0 aliphatic carbocycles. The molecule has 1 aromatic heterocycles. The smallest absolute Gasteiger partial charge is 0.276 e. The van der Waals surface area contributed by atoms with Gasteiger partial charge in [-0.15, -0.1) is 11.8 Å². The first kappa shape index (κ1) is 18.1. The van der Waals surface area contributed by atoms with Crippen LogP contribution in [0, 0.1) is 0 Å². The van der Waals surface area contributed by atoms with E-state index in [4.69, 9.17) is 4.74 Å². The first-order valence-electron chi connectivity index (χ1n) is 8.75. The molecule has 0 radical (unpaired) electrons. The van der Waals surface area contributed by atoms with Crippen molar-refractivity contribution in [2.75, 3.05) is 18.9 Å². The van der Waals surface area contributed by atoms with Gasteiger partial charge in [-0.25, -0.2) is 0 Å². The number of amides is 2. The van der Waals surface area contributed by atoms with E-state index in [1.54, 1.807) is 11.8 Å². The van der Waals surface area contributed by atoms with Crippen LogP contribution in [0.4, 0.5) is 0 Å². The van der Waals surface area contributed by atoms with E-state index in [0.717, 1.165) is 10.8 Å². The number of thioether (sulfide) groups is 1. The molecule has 0 spiro atoms. The summed E-state index contributed by atoms with van der Waals surface area (Å²) in [5.41, 5.74) is -1.16. The van der Waals surface area contributed by atoms with Crippen LogP contribution in [0.3, 0.4) is 0 Å². The lowest BCUT2D eigenvalue weighted by atomic mass is 10.1. The lowest BCUT2D eigenvalue weighted by molar-refractivity contribution is 0.00625. The van der Waals surface area contributed by atoms with Gasteiger partial charge in [0.05, 0.1) is 36.8 Å². The minimum Gasteiger partial charge on any atom is -0.503 e. The van der Waals surface area contributed by atoms with Crippen molar-refractivity contribution in [1.82, 2.24) is 14.8 Å². The Labute approximate surface area is 159 Å². The Balaban J connectivity index is 1.62. The molecular weight excluding hydrogens is 372 g/mol. The Bertz CT molecular complexity index is 911. The fraction of sp³-hybridized carbons (Fsp3) is 0.529. The largest absolute Gasteiger partial charge is 0.503 e. The molecule has 3 atom stereocenters. The molecule has 1 aromatic rings. The molecule has 4 heterocycles. The number of aromatic hydroxyl groups is 1. The number of nitrogens with one attached hydrogen (secondary N) is 1. The number of hydrogen-bond donors (Lipinski definition) is 2. The molecule has 1 saturated heterocycles. The van der Waals surface area contributed by atoms with Gasteiger partial charge in [-0.05, 0) is 13.8 Å². The zero-order valence-corrected chi connectivity index (χ0v) is 15.8. The van der Waals surface area contributed by atoms with Crippen molar-refractivity contribution < 1.29 is 19.4 Å². The minimum absolute atomic E-state index is 0.102. The highest BCUT2D eigenvalue weighted by Crippen LogP contribution is 2.29. The second kappa shape index (κ2) is 6.68. The predicted molar refractivity (Wildman–Crippen MR) is 99.4 cm³/mol. The number of aromatic nitrogens is 1. The van der Waals surface area contributed by atoms with Gasteiger partial charge in [0.25, 0.3) is 11.8 Å². The van der Waals surface area contributed by atoms with Crippen LogP contribution in [0.5, 0.6) is 5.75 Å². The highest BCUT2D eigenvalue weighted by atomic mass is 32.2. The number of rotatable bonds is 3. The molecule has 2 N–H and O–H groups in total. The van der Waals surface area contributed by atoms with Crippen molar-refractivity contribution in [1.29, 1.82) is 0 Å². The summed E-state index contributed by atoms with van der Waals surface area (Å²) in [6.07, 6.45) is 0.851. The fourth-order valence-electron chi connectivity index (χ4n) is 3.52. The lowest BCUT2D eigenvalue weighted by Crippen LogP contribution is -2.49. The molecule has 0 aromatic carbocycles. The molecular formula is C17H20N4O5S. The van der Waals surface area contributed by atoms with Crippen molar-refractivity contribution in [3.63, 3.8) is 0 Å². The van der Waals surface area contributed by atoms with E-state index in [2.05, 4.69) is 10.3 Å². The van der Waals surface area contributed by atoms with E-state index >= 15 is 0 Å². The van der Waals surface area contributed by atoms with Gasteiger partial charge in [-0.2, -0.15) is 0 Å². The molecule has 2 amide bonds. The SMILES string of the molecule is CC1CSC(CNC(=O)c2cn3c(c(O)c2=O)C(=O)N2[C@@H](C)CO[C@@H]2C3)=N1. The summed E-state index contributed by atoms with van der Waals surface area (Å²) in [4.78, 5) is 43.6. The average molecular weight is 392 g/mol. The quantitative estimate of drug-likeness (QED) is 0.750. The van der Waals surface area contributed by atoms with E-state index in [-0.39, 0.29) is 36.4 Å². The van der Waals surface area contributed by atoms with Crippen molar-refractivity contribution in [2.45, 2.75) is 38.7 Å². The van der Waals surface area contributed by atoms with Gasteiger partial charge in [-0.1, -0.05) is 0 Å². The van der Waals surface area contributed by atoms with Crippen molar-refractivity contribution in [3.05, 3.63) is 27.7 Å². The maximum atomic E-state index is 12.7. The number of aliphatic imine (C=N–C) groups is 1. The Morgan fingerprint density at radius 2 is 2.22 bits per heavy atom. The summed E-state index contributed by atoms with van der Waals surface area (Å²) in [6.45, 7) is 4.70. The van der Waals surface area contributed by atoms with Crippen LogP contribution in [0.1, 0.15) is 34.7 Å². The van der Waals surface area contributed by atoms with Gasteiger partial charge in [0.15, 0.2) is 17.7 Å². The van der Waals surface area contributed by atoms with Gasteiger partial charge >= 0.3 is 0 Å². The van der Waals surface area contributed by atoms with Crippen LogP contribution in [0.25, 0.3) is 0 Å². The number of pyridine rings is 1. The molecule has 27 heavy (non-hydrogen) atoms. The number of ether oxygens (including phenoxy) is 1. The van der Waals surface area contributed by atoms with Gasteiger partial charge in [0, 0.05) is 11.9 Å². The van der Waals surface area contributed by atoms with Gasteiger partial charge in [0.1, 0.15) is 5.56 Å². The van der Waals surface area contributed by atoms with E-state index in [1.807, 2.05) is 13.8 Å². The maximum Gasteiger partial charge on any atom is 0.276 e. The number of carbonyl (C=O) groups is 2. The summed E-state index contributed by atoms with van der Waals surface area (Å²) in [6, 6.07) is 0.0730. The fourth-order valence-corrected chi connectivity index (χ4v) is 4.46. The average Bonchev–Trinajstić information content (AvgIpc) is 3.21. The van der Waals surface area contributed by atoms with Crippen LogP contribution in [-0.4, -0.2) is 68.6 Å².